The van der Waals surface area contributed by atoms with Crippen LogP contribution in [0.25, 0.3) is 11.1 Å². The first-order valence-corrected chi connectivity index (χ1v) is 8.20. The summed E-state index contributed by atoms with van der Waals surface area (Å²) in [6.45, 7) is 7.63. The Labute approximate surface area is 140 Å². The molecule has 0 aromatic carbocycles. The molecule has 0 radical (unpaired) electrons. The fourth-order valence-corrected chi connectivity index (χ4v) is 2.72. The first-order chi connectivity index (χ1) is 11.2. The summed E-state index contributed by atoms with van der Waals surface area (Å²) in [5.41, 5.74) is 0.354. The summed E-state index contributed by atoms with van der Waals surface area (Å²) >= 11 is 0. The third-order valence-corrected chi connectivity index (χ3v) is 4.50. The van der Waals surface area contributed by atoms with Crippen LogP contribution in [0.5, 0.6) is 0 Å². The number of aliphatic hydroxyl groups is 1. The summed E-state index contributed by atoms with van der Waals surface area (Å²) in [5, 5.41) is 16.1. The number of amides is 1. The Morgan fingerprint density at radius 1 is 1.42 bits per heavy atom. The Morgan fingerprint density at radius 2 is 2.12 bits per heavy atom. The fraction of sp³-hybridized carbons (Fsp3) is 0.588. The van der Waals surface area contributed by atoms with Crippen molar-refractivity contribution >= 4 is 22.8 Å². The van der Waals surface area contributed by atoms with Gasteiger partial charge in [0, 0.05) is 17.7 Å². The van der Waals surface area contributed by atoms with Crippen LogP contribution in [0.15, 0.2) is 10.7 Å². The van der Waals surface area contributed by atoms with E-state index in [1.807, 2.05) is 13.8 Å². The number of aliphatic hydroxyl groups excluding tert-OH is 1. The van der Waals surface area contributed by atoms with Crippen LogP contribution in [0.4, 0.5) is 5.82 Å². The predicted octanol–water partition coefficient (Wildman–Crippen LogP) is 2.39. The van der Waals surface area contributed by atoms with Gasteiger partial charge in [0.15, 0.2) is 0 Å². The molecule has 3 rings (SSSR count). The summed E-state index contributed by atoms with van der Waals surface area (Å²) in [6, 6.07) is 0. The highest BCUT2D eigenvalue weighted by Crippen LogP contribution is 2.40. The van der Waals surface area contributed by atoms with E-state index in [-0.39, 0.29) is 18.1 Å². The topological polar surface area (TPSA) is 100 Å². The molecule has 0 spiro atoms. The van der Waals surface area contributed by atoms with Crippen LogP contribution in [0.1, 0.15) is 56.2 Å². The number of nitrogens with zero attached hydrogens (tertiary/aromatic N) is 2. The highest BCUT2D eigenvalue weighted by Gasteiger charge is 2.38. The minimum absolute atomic E-state index is 0.00662. The van der Waals surface area contributed by atoms with Gasteiger partial charge in [-0.3, -0.25) is 4.79 Å². The van der Waals surface area contributed by atoms with Gasteiger partial charge in [0.2, 0.25) is 5.71 Å². The SMILES string of the molecule is Cc1oc2ncnc(NC3(C)CC3)c2c1C(=O)NC(C)(C)CCO. The lowest BCUT2D eigenvalue weighted by molar-refractivity contribution is 0.0899. The number of anilines is 1. The second-order valence-corrected chi connectivity index (χ2v) is 7.43. The maximum absolute atomic E-state index is 12.8. The summed E-state index contributed by atoms with van der Waals surface area (Å²) in [4.78, 5) is 21.3. The number of hydrogen-bond acceptors (Lipinski definition) is 6. The Morgan fingerprint density at radius 3 is 2.75 bits per heavy atom. The van der Waals surface area contributed by atoms with E-state index in [0.717, 1.165) is 12.8 Å². The van der Waals surface area contributed by atoms with Gasteiger partial charge in [-0.2, -0.15) is 0 Å². The van der Waals surface area contributed by atoms with E-state index >= 15 is 0 Å². The molecule has 3 N–H and O–H groups in total. The smallest absolute Gasteiger partial charge is 0.256 e. The van der Waals surface area contributed by atoms with E-state index in [1.54, 1.807) is 6.92 Å². The quantitative estimate of drug-likeness (QED) is 0.751. The second kappa shape index (κ2) is 5.73. The molecule has 2 aromatic rings. The lowest BCUT2D eigenvalue weighted by Gasteiger charge is -2.25. The van der Waals surface area contributed by atoms with Crippen LogP contribution in [-0.2, 0) is 0 Å². The molecule has 0 saturated heterocycles. The average molecular weight is 332 g/mol. The van der Waals surface area contributed by atoms with Crippen molar-refractivity contribution in [2.45, 2.75) is 58.0 Å². The minimum Gasteiger partial charge on any atom is -0.442 e. The van der Waals surface area contributed by atoms with Crippen molar-refractivity contribution in [1.29, 1.82) is 0 Å². The molecular formula is C17H24N4O3. The highest BCUT2D eigenvalue weighted by molar-refractivity contribution is 6.10. The molecule has 7 nitrogen and oxygen atoms in total. The van der Waals surface area contributed by atoms with Gasteiger partial charge in [-0.05, 0) is 47.0 Å². The van der Waals surface area contributed by atoms with Crippen LogP contribution in [-0.4, -0.2) is 38.7 Å². The van der Waals surface area contributed by atoms with E-state index in [4.69, 9.17) is 9.52 Å². The van der Waals surface area contributed by atoms with Gasteiger partial charge in [0.25, 0.3) is 5.91 Å². The number of carbonyl (C=O) groups is 1. The average Bonchev–Trinajstić information content (AvgIpc) is 3.07. The molecular weight excluding hydrogens is 308 g/mol. The maximum Gasteiger partial charge on any atom is 0.256 e. The number of nitrogens with one attached hydrogen (secondary N) is 2. The standard InChI is InChI=1S/C17H24N4O3/c1-10-11(14(23)21-16(2,3)7-8-22)12-13(20-17(4)5-6-17)18-9-19-15(12)24-10/h9,22H,5-8H2,1-4H3,(H,21,23)(H,18,19,20). The van der Waals surface area contributed by atoms with E-state index in [9.17, 15) is 4.79 Å². The lowest BCUT2D eigenvalue weighted by Crippen LogP contribution is -2.44. The van der Waals surface area contributed by atoms with Gasteiger partial charge in [-0.15, -0.1) is 0 Å². The summed E-state index contributed by atoms with van der Waals surface area (Å²) < 4.78 is 5.67. The molecule has 7 heteroatoms. The van der Waals surface area contributed by atoms with Crippen molar-refractivity contribution in [1.82, 2.24) is 15.3 Å². The number of rotatable bonds is 6. The monoisotopic (exact) mass is 332 g/mol. The molecule has 2 heterocycles. The molecule has 1 aliphatic carbocycles. The van der Waals surface area contributed by atoms with Gasteiger partial charge in [-0.25, -0.2) is 9.97 Å². The van der Waals surface area contributed by atoms with Crippen molar-refractivity contribution in [3.63, 3.8) is 0 Å². The minimum atomic E-state index is -0.520. The molecule has 130 valence electrons. The molecule has 1 fully saturated rings. The van der Waals surface area contributed by atoms with Gasteiger partial charge >= 0.3 is 0 Å². The Hall–Kier alpha value is -2.15. The number of carbonyl (C=O) groups excluding carboxylic acids is 1. The Balaban J connectivity index is 2.00. The Bertz CT molecular complexity index is 777. The maximum atomic E-state index is 12.8. The van der Waals surface area contributed by atoms with Crippen molar-refractivity contribution < 1.29 is 14.3 Å². The molecule has 0 bridgehead atoms. The molecule has 0 unspecified atom stereocenters. The third kappa shape index (κ3) is 3.21. The molecule has 1 amide bonds. The number of fused-ring (bicyclic) bond motifs is 1. The normalized spacial score (nSPS) is 16.2. The zero-order valence-corrected chi connectivity index (χ0v) is 14.6. The first-order valence-electron chi connectivity index (χ1n) is 8.20. The van der Waals surface area contributed by atoms with E-state index in [2.05, 4.69) is 27.5 Å². The van der Waals surface area contributed by atoms with E-state index < -0.39 is 5.54 Å². The van der Waals surface area contributed by atoms with Gasteiger partial charge in [-0.1, -0.05) is 0 Å². The van der Waals surface area contributed by atoms with Crippen molar-refractivity contribution in [2.75, 3.05) is 11.9 Å². The summed E-state index contributed by atoms with van der Waals surface area (Å²) in [6.07, 6.45) is 4.05. The zero-order chi connectivity index (χ0) is 17.5. The Kier molecular flexibility index (Phi) is 3.99. The van der Waals surface area contributed by atoms with Crippen LogP contribution in [0.3, 0.4) is 0 Å². The number of hydrogen-bond donors (Lipinski definition) is 3. The van der Waals surface area contributed by atoms with Crippen LogP contribution in [0.2, 0.25) is 0 Å². The summed E-state index contributed by atoms with van der Waals surface area (Å²) in [7, 11) is 0. The number of furan rings is 1. The van der Waals surface area contributed by atoms with E-state index in [1.165, 1.54) is 6.33 Å². The van der Waals surface area contributed by atoms with Gasteiger partial charge < -0.3 is 20.2 Å². The molecule has 2 aromatic heterocycles. The van der Waals surface area contributed by atoms with Crippen LogP contribution < -0.4 is 10.6 Å². The molecule has 0 atom stereocenters. The molecule has 24 heavy (non-hydrogen) atoms. The second-order valence-electron chi connectivity index (χ2n) is 7.43. The van der Waals surface area contributed by atoms with Crippen molar-refractivity contribution in [2.24, 2.45) is 0 Å². The third-order valence-electron chi connectivity index (χ3n) is 4.50. The number of aromatic nitrogens is 2. The highest BCUT2D eigenvalue weighted by atomic mass is 16.3. The van der Waals surface area contributed by atoms with Gasteiger partial charge in [0.1, 0.15) is 17.9 Å². The lowest BCUT2D eigenvalue weighted by atomic mass is 10.00. The van der Waals surface area contributed by atoms with E-state index in [0.29, 0.717) is 34.7 Å². The predicted molar refractivity (Wildman–Crippen MR) is 91.1 cm³/mol. The molecule has 1 saturated carbocycles. The first kappa shape index (κ1) is 16.7. The largest absolute Gasteiger partial charge is 0.442 e. The summed E-state index contributed by atoms with van der Waals surface area (Å²) in [5.74, 6) is 0.886. The molecule has 0 aliphatic heterocycles. The zero-order valence-electron chi connectivity index (χ0n) is 14.6. The van der Waals surface area contributed by atoms with Crippen molar-refractivity contribution in [3.05, 3.63) is 17.7 Å². The fourth-order valence-electron chi connectivity index (χ4n) is 2.72. The number of aryl methyl sites for hydroxylation is 1. The van der Waals surface area contributed by atoms with Gasteiger partial charge in [0.05, 0.1) is 10.9 Å². The van der Waals surface area contributed by atoms with Crippen LogP contribution in [0, 0.1) is 6.92 Å². The molecule has 1 aliphatic rings. The van der Waals surface area contributed by atoms with Crippen LogP contribution >= 0.6 is 0 Å². The van der Waals surface area contributed by atoms with Crippen molar-refractivity contribution in [3.8, 4) is 0 Å².